The van der Waals surface area contributed by atoms with E-state index in [1.54, 1.807) is 23.9 Å². The smallest absolute Gasteiger partial charge is 0.305 e. The number of rotatable bonds is 16. The molecular formula is C19H34N6O4. The lowest BCUT2D eigenvalue weighted by Crippen LogP contribution is -2.27. The topological polar surface area (TPSA) is 132 Å². The molecule has 0 atom stereocenters. The van der Waals surface area contributed by atoms with Crippen molar-refractivity contribution in [1.29, 1.82) is 0 Å². The van der Waals surface area contributed by atoms with Gasteiger partial charge in [0.2, 0.25) is 17.8 Å². The van der Waals surface area contributed by atoms with Crippen LogP contribution in [-0.4, -0.2) is 70.8 Å². The van der Waals surface area contributed by atoms with E-state index in [-0.39, 0.29) is 25.9 Å². The molecule has 0 amide bonds. The summed E-state index contributed by atoms with van der Waals surface area (Å²) < 4.78 is 0. The molecule has 0 bridgehead atoms. The van der Waals surface area contributed by atoms with Crippen LogP contribution in [0.25, 0.3) is 0 Å². The normalized spacial score (nSPS) is 10.6. The van der Waals surface area contributed by atoms with E-state index >= 15 is 0 Å². The fourth-order valence-electron chi connectivity index (χ4n) is 2.61. The minimum atomic E-state index is -0.897. The van der Waals surface area contributed by atoms with Gasteiger partial charge in [0.25, 0.3) is 0 Å². The van der Waals surface area contributed by atoms with Crippen LogP contribution in [0.15, 0.2) is 0 Å². The molecule has 0 aliphatic heterocycles. The number of aliphatic carboxylic acids is 2. The van der Waals surface area contributed by atoms with Crippen molar-refractivity contribution in [3.8, 4) is 0 Å². The van der Waals surface area contributed by atoms with Gasteiger partial charge >= 0.3 is 11.9 Å². The summed E-state index contributed by atoms with van der Waals surface area (Å²) >= 11 is 0. The Morgan fingerprint density at radius 2 is 1.31 bits per heavy atom. The molecule has 1 heterocycles. The molecule has 1 rings (SSSR count). The van der Waals surface area contributed by atoms with Gasteiger partial charge in [-0.3, -0.25) is 9.59 Å². The second-order valence-electron chi connectivity index (χ2n) is 7.08. The lowest BCUT2D eigenvalue weighted by molar-refractivity contribution is -0.137. The number of anilines is 3. The average molecular weight is 411 g/mol. The van der Waals surface area contributed by atoms with Crippen LogP contribution in [0, 0.1) is 0 Å². The number of nitrogens with zero attached hydrogens (tertiary/aromatic N) is 5. The zero-order valence-electron chi connectivity index (χ0n) is 17.7. The highest BCUT2D eigenvalue weighted by atomic mass is 16.4. The average Bonchev–Trinajstić information content (AvgIpc) is 2.69. The zero-order chi connectivity index (χ0) is 21.6. The Balaban J connectivity index is 2.78. The SMILES string of the molecule is CCCCCCCCNc1nc(N(C)CCC(=O)O)nc(N(C)CCC(=O)O)n1. The minimum Gasteiger partial charge on any atom is -0.481 e. The Kier molecular flexibility index (Phi) is 11.4. The molecule has 0 saturated carbocycles. The van der Waals surface area contributed by atoms with Crippen LogP contribution in [0.4, 0.5) is 17.8 Å². The van der Waals surface area contributed by atoms with Crippen molar-refractivity contribution in [2.75, 3.05) is 48.8 Å². The van der Waals surface area contributed by atoms with Crippen LogP contribution in [0.5, 0.6) is 0 Å². The Hall–Kier alpha value is -2.65. The van der Waals surface area contributed by atoms with E-state index in [4.69, 9.17) is 10.2 Å². The molecule has 0 spiro atoms. The van der Waals surface area contributed by atoms with Crippen LogP contribution < -0.4 is 15.1 Å². The summed E-state index contributed by atoms with van der Waals surface area (Å²) in [6.07, 6.45) is 7.01. The van der Waals surface area contributed by atoms with Gasteiger partial charge in [0.1, 0.15) is 0 Å². The van der Waals surface area contributed by atoms with Crippen LogP contribution in [0.2, 0.25) is 0 Å². The molecule has 1 aromatic rings. The maximum atomic E-state index is 10.8. The number of hydrogen-bond acceptors (Lipinski definition) is 8. The van der Waals surface area contributed by atoms with E-state index in [1.807, 2.05) is 0 Å². The minimum absolute atomic E-state index is 0.0348. The largest absolute Gasteiger partial charge is 0.481 e. The predicted molar refractivity (Wildman–Crippen MR) is 113 cm³/mol. The van der Waals surface area contributed by atoms with Gasteiger partial charge in [0, 0.05) is 33.7 Å². The third-order valence-corrected chi connectivity index (χ3v) is 4.43. The Labute approximate surface area is 172 Å². The molecule has 0 unspecified atom stereocenters. The van der Waals surface area contributed by atoms with Crippen molar-refractivity contribution in [3.63, 3.8) is 0 Å². The quantitative estimate of drug-likeness (QED) is 0.349. The molecule has 164 valence electrons. The highest BCUT2D eigenvalue weighted by Gasteiger charge is 2.15. The third-order valence-electron chi connectivity index (χ3n) is 4.43. The van der Waals surface area contributed by atoms with Crippen molar-refractivity contribution < 1.29 is 19.8 Å². The van der Waals surface area contributed by atoms with Gasteiger partial charge in [0.15, 0.2) is 0 Å². The van der Waals surface area contributed by atoms with Crippen molar-refractivity contribution in [2.45, 2.75) is 58.3 Å². The molecular weight excluding hydrogens is 376 g/mol. The molecule has 0 fully saturated rings. The lowest BCUT2D eigenvalue weighted by Gasteiger charge is -2.21. The van der Waals surface area contributed by atoms with Crippen LogP contribution in [-0.2, 0) is 9.59 Å². The van der Waals surface area contributed by atoms with E-state index in [9.17, 15) is 9.59 Å². The van der Waals surface area contributed by atoms with Gasteiger partial charge in [-0.15, -0.1) is 0 Å². The lowest BCUT2D eigenvalue weighted by atomic mass is 10.1. The second kappa shape index (κ2) is 13.5. The third kappa shape index (κ3) is 10.5. The van der Waals surface area contributed by atoms with Crippen LogP contribution in [0.3, 0.4) is 0 Å². The number of aromatic nitrogens is 3. The standard InChI is InChI=1S/C19H34N6O4/c1-4-5-6-7-8-9-12-20-17-21-18(24(2)13-10-15(26)27)23-19(22-17)25(3)14-11-16(28)29/h4-14H2,1-3H3,(H,26,27)(H,28,29)(H,20,21,22,23). The van der Waals surface area contributed by atoms with Gasteiger partial charge in [0.05, 0.1) is 12.8 Å². The molecule has 10 nitrogen and oxygen atoms in total. The van der Waals surface area contributed by atoms with Crippen LogP contribution in [0.1, 0.15) is 58.3 Å². The van der Waals surface area contributed by atoms with Crippen molar-refractivity contribution in [2.24, 2.45) is 0 Å². The van der Waals surface area contributed by atoms with Crippen molar-refractivity contribution in [1.82, 2.24) is 15.0 Å². The highest BCUT2D eigenvalue weighted by molar-refractivity contribution is 5.68. The molecule has 0 aliphatic rings. The summed E-state index contributed by atoms with van der Waals surface area (Å²) in [6, 6.07) is 0. The molecule has 0 saturated heterocycles. The monoisotopic (exact) mass is 410 g/mol. The van der Waals surface area contributed by atoms with E-state index in [0.29, 0.717) is 17.8 Å². The highest BCUT2D eigenvalue weighted by Crippen LogP contribution is 2.16. The van der Waals surface area contributed by atoms with Crippen LogP contribution >= 0.6 is 0 Å². The van der Waals surface area contributed by atoms with E-state index in [1.165, 1.54) is 25.7 Å². The number of carboxylic acids is 2. The van der Waals surface area contributed by atoms with Crippen molar-refractivity contribution >= 4 is 29.8 Å². The molecule has 0 radical (unpaired) electrons. The van der Waals surface area contributed by atoms with E-state index < -0.39 is 11.9 Å². The van der Waals surface area contributed by atoms with Crippen molar-refractivity contribution in [3.05, 3.63) is 0 Å². The maximum Gasteiger partial charge on any atom is 0.305 e. The summed E-state index contributed by atoms with van der Waals surface area (Å²) in [4.78, 5) is 38.1. The molecule has 10 heteroatoms. The van der Waals surface area contributed by atoms with Gasteiger partial charge in [-0.25, -0.2) is 0 Å². The van der Waals surface area contributed by atoms with E-state index in [0.717, 1.165) is 19.4 Å². The zero-order valence-corrected chi connectivity index (χ0v) is 17.7. The van der Waals surface area contributed by atoms with Gasteiger partial charge in [-0.2, -0.15) is 15.0 Å². The molecule has 1 aromatic heterocycles. The maximum absolute atomic E-state index is 10.8. The first kappa shape index (κ1) is 24.4. The summed E-state index contributed by atoms with van der Waals surface area (Å²) in [5.74, 6) is -0.687. The Morgan fingerprint density at radius 3 is 1.79 bits per heavy atom. The Morgan fingerprint density at radius 1 is 0.828 bits per heavy atom. The first-order valence-electron chi connectivity index (χ1n) is 10.2. The molecule has 0 aromatic carbocycles. The number of unbranched alkanes of at least 4 members (excludes halogenated alkanes) is 5. The molecule has 3 N–H and O–H groups in total. The predicted octanol–water partition coefficient (Wildman–Crippen LogP) is 2.47. The van der Waals surface area contributed by atoms with Gasteiger partial charge < -0.3 is 25.3 Å². The number of carbonyl (C=O) groups is 2. The fraction of sp³-hybridized carbons (Fsp3) is 0.737. The summed E-state index contributed by atoms with van der Waals surface area (Å²) in [7, 11) is 3.44. The first-order valence-corrected chi connectivity index (χ1v) is 10.2. The summed E-state index contributed by atoms with van der Waals surface area (Å²) in [6.45, 7) is 3.44. The summed E-state index contributed by atoms with van der Waals surface area (Å²) in [5.41, 5.74) is 0. The number of nitrogens with one attached hydrogen (secondary N) is 1. The van der Waals surface area contributed by atoms with Gasteiger partial charge in [-0.05, 0) is 6.42 Å². The van der Waals surface area contributed by atoms with E-state index in [2.05, 4.69) is 27.2 Å². The number of hydrogen-bond donors (Lipinski definition) is 3. The fourth-order valence-corrected chi connectivity index (χ4v) is 2.61. The second-order valence-corrected chi connectivity index (χ2v) is 7.08. The van der Waals surface area contributed by atoms with Gasteiger partial charge in [-0.1, -0.05) is 39.0 Å². The molecule has 0 aliphatic carbocycles. The summed E-state index contributed by atoms with van der Waals surface area (Å²) in [5, 5.41) is 21.0. The Bertz CT molecular complexity index is 601. The molecule has 29 heavy (non-hydrogen) atoms. The first-order chi connectivity index (χ1) is 13.8. The number of carboxylic acid groups (broad SMARTS) is 2.